The van der Waals surface area contributed by atoms with Gasteiger partial charge >= 0.3 is 6.01 Å². The lowest BCUT2D eigenvalue weighted by Crippen LogP contribution is -2.21. The van der Waals surface area contributed by atoms with E-state index < -0.39 is 5.38 Å². The summed E-state index contributed by atoms with van der Waals surface area (Å²) in [6, 6.07) is 1.58. The van der Waals surface area contributed by atoms with Crippen LogP contribution >= 0.6 is 11.6 Å². The van der Waals surface area contributed by atoms with E-state index in [1.807, 2.05) is 0 Å². The van der Waals surface area contributed by atoms with Crippen LogP contribution in [0.25, 0.3) is 0 Å². The highest BCUT2D eigenvalue weighted by Crippen LogP contribution is 2.17. The molecule has 7 heteroatoms. The van der Waals surface area contributed by atoms with Crippen molar-refractivity contribution in [3.63, 3.8) is 0 Å². The molecule has 1 N–H and O–H groups in total. The van der Waals surface area contributed by atoms with Crippen LogP contribution in [0.2, 0.25) is 0 Å². The average molecular weight is 246 g/mol. The van der Waals surface area contributed by atoms with E-state index in [9.17, 15) is 4.79 Å². The summed E-state index contributed by atoms with van der Waals surface area (Å²) in [5.41, 5.74) is 0. The first-order valence-corrected chi connectivity index (χ1v) is 4.92. The summed E-state index contributed by atoms with van der Waals surface area (Å²) in [4.78, 5) is 19.1. The molecule has 1 aromatic heterocycles. The van der Waals surface area contributed by atoms with Gasteiger partial charge in [-0.1, -0.05) is 0 Å². The summed E-state index contributed by atoms with van der Waals surface area (Å²) in [5, 5.41) is 1.86. The first-order valence-electron chi connectivity index (χ1n) is 4.48. The number of hydrogen-bond acceptors (Lipinski definition) is 5. The summed E-state index contributed by atoms with van der Waals surface area (Å²) in [6.45, 7) is 1.56. The number of ether oxygens (including phenoxy) is 2. The largest absolute Gasteiger partial charge is 0.481 e. The quantitative estimate of drug-likeness (QED) is 0.803. The number of carbonyl (C=O) groups is 1. The molecule has 0 spiro atoms. The highest BCUT2D eigenvalue weighted by Gasteiger charge is 2.12. The van der Waals surface area contributed by atoms with Crippen LogP contribution in [0.4, 0.5) is 5.82 Å². The van der Waals surface area contributed by atoms with Gasteiger partial charge < -0.3 is 14.8 Å². The van der Waals surface area contributed by atoms with E-state index in [4.69, 9.17) is 21.1 Å². The zero-order valence-electron chi connectivity index (χ0n) is 9.15. The fraction of sp³-hybridized carbons (Fsp3) is 0.444. The number of rotatable bonds is 4. The highest BCUT2D eigenvalue weighted by atomic mass is 35.5. The number of anilines is 1. The van der Waals surface area contributed by atoms with Gasteiger partial charge in [0.25, 0.3) is 0 Å². The Kier molecular flexibility index (Phi) is 4.30. The number of alkyl halides is 1. The van der Waals surface area contributed by atoms with E-state index in [0.29, 0.717) is 5.88 Å². The van der Waals surface area contributed by atoms with Gasteiger partial charge in [0.15, 0.2) is 0 Å². The second kappa shape index (κ2) is 5.50. The Morgan fingerprint density at radius 1 is 1.44 bits per heavy atom. The van der Waals surface area contributed by atoms with Crippen molar-refractivity contribution in [1.29, 1.82) is 0 Å². The van der Waals surface area contributed by atoms with Crippen molar-refractivity contribution in [1.82, 2.24) is 9.97 Å². The van der Waals surface area contributed by atoms with Crippen LogP contribution in [0.15, 0.2) is 6.07 Å². The number of amides is 1. The van der Waals surface area contributed by atoms with Crippen molar-refractivity contribution in [3.05, 3.63) is 6.07 Å². The molecular weight excluding hydrogens is 234 g/mol. The third-order valence-corrected chi connectivity index (χ3v) is 1.88. The fourth-order valence-electron chi connectivity index (χ4n) is 0.889. The van der Waals surface area contributed by atoms with Crippen LogP contribution in [-0.2, 0) is 4.79 Å². The molecule has 0 bridgehead atoms. The lowest BCUT2D eigenvalue weighted by atomic mass is 10.4. The summed E-state index contributed by atoms with van der Waals surface area (Å²) in [5.74, 6) is 0.218. The Hall–Kier alpha value is -1.56. The van der Waals surface area contributed by atoms with Crippen molar-refractivity contribution in [2.45, 2.75) is 12.3 Å². The molecule has 1 aromatic rings. The summed E-state index contributed by atoms with van der Waals surface area (Å²) >= 11 is 5.61. The standard InChI is InChI=1S/C9H12ClN3O3/c1-5(10)8(14)11-6-4-7(15-2)13-9(12-6)16-3/h4-5H,1-3H3,(H,11,12,13,14)/t5-/m0/s1. The number of nitrogens with one attached hydrogen (secondary N) is 1. The SMILES string of the molecule is COc1cc(NC(=O)[C@H](C)Cl)nc(OC)n1. The Balaban J connectivity index is 2.91. The number of carbonyl (C=O) groups excluding carboxylic acids is 1. The highest BCUT2D eigenvalue weighted by molar-refractivity contribution is 6.32. The van der Waals surface area contributed by atoms with Gasteiger partial charge in [-0.25, -0.2) is 0 Å². The zero-order chi connectivity index (χ0) is 12.1. The lowest BCUT2D eigenvalue weighted by molar-refractivity contribution is -0.115. The molecule has 0 saturated heterocycles. The lowest BCUT2D eigenvalue weighted by Gasteiger charge is -2.08. The second-order valence-electron chi connectivity index (χ2n) is 2.89. The molecule has 1 amide bonds. The molecular formula is C9H12ClN3O3. The van der Waals surface area contributed by atoms with Crippen LogP contribution in [0.3, 0.4) is 0 Å². The maximum absolute atomic E-state index is 11.3. The first-order chi connectivity index (χ1) is 7.56. The molecule has 0 radical (unpaired) electrons. The third-order valence-electron chi connectivity index (χ3n) is 1.69. The monoisotopic (exact) mass is 245 g/mol. The number of halogens is 1. The maximum atomic E-state index is 11.3. The van der Waals surface area contributed by atoms with Crippen LogP contribution in [0.5, 0.6) is 11.9 Å². The predicted molar refractivity (Wildman–Crippen MR) is 59.1 cm³/mol. The van der Waals surface area contributed by atoms with Gasteiger partial charge in [-0.2, -0.15) is 9.97 Å². The van der Waals surface area contributed by atoms with Crippen molar-refractivity contribution < 1.29 is 14.3 Å². The summed E-state index contributed by atoms with van der Waals surface area (Å²) in [7, 11) is 2.88. The minimum Gasteiger partial charge on any atom is -0.481 e. The van der Waals surface area contributed by atoms with Gasteiger partial charge in [-0.3, -0.25) is 4.79 Å². The smallest absolute Gasteiger partial charge is 0.321 e. The summed E-state index contributed by atoms with van der Waals surface area (Å²) < 4.78 is 9.78. The van der Waals surface area contributed by atoms with Gasteiger partial charge in [0.1, 0.15) is 11.2 Å². The van der Waals surface area contributed by atoms with Crippen LogP contribution in [0, 0.1) is 0 Å². The zero-order valence-corrected chi connectivity index (χ0v) is 9.91. The normalized spacial score (nSPS) is 11.8. The van der Waals surface area contributed by atoms with E-state index in [1.165, 1.54) is 20.3 Å². The minimum absolute atomic E-state index is 0.108. The Morgan fingerprint density at radius 2 is 2.12 bits per heavy atom. The van der Waals surface area contributed by atoms with Gasteiger partial charge in [-0.15, -0.1) is 11.6 Å². The second-order valence-corrected chi connectivity index (χ2v) is 3.54. The fourth-order valence-corrected chi connectivity index (χ4v) is 0.944. The van der Waals surface area contributed by atoms with E-state index in [1.54, 1.807) is 6.92 Å². The Bertz CT molecular complexity index is 362. The molecule has 0 aliphatic carbocycles. The molecule has 0 unspecified atom stereocenters. The van der Waals surface area contributed by atoms with E-state index in [2.05, 4.69) is 15.3 Å². The van der Waals surface area contributed by atoms with Crippen LogP contribution in [0.1, 0.15) is 6.92 Å². The topological polar surface area (TPSA) is 73.3 Å². The van der Waals surface area contributed by atoms with E-state index in [0.717, 1.165) is 0 Å². The van der Waals surface area contributed by atoms with Gasteiger partial charge in [0.2, 0.25) is 11.8 Å². The van der Waals surface area contributed by atoms with E-state index >= 15 is 0 Å². The van der Waals surface area contributed by atoms with Crippen molar-refractivity contribution >= 4 is 23.3 Å². The van der Waals surface area contributed by atoms with Gasteiger partial charge in [0.05, 0.1) is 14.2 Å². The van der Waals surface area contributed by atoms with Gasteiger partial charge in [-0.05, 0) is 6.92 Å². The molecule has 0 aliphatic heterocycles. The molecule has 88 valence electrons. The average Bonchev–Trinajstić information content (AvgIpc) is 2.28. The molecule has 0 aliphatic rings. The predicted octanol–water partition coefficient (Wildman–Crippen LogP) is 1.06. The molecule has 0 aromatic carbocycles. The molecule has 0 saturated carbocycles. The number of hydrogen-bond donors (Lipinski definition) is 1. The number of aromatic nitrogens is 2. The Morgan fingerprint density at radius 3 is 2.62 bits per heavy atom. The Labute approximate surface area is 97.9 Å². The van der Waals surface area contributed by atoms with E-state index in [-0.39, 0.29) is 17.7 Å². The molecule has 6 nitrogen and oxygen atoms in total. The molecule has 16 heavy (non-hydrogen) atoms. The number of methoxy groups -OCH3 is 2. The van der Waals surface area contributed by atoms with Crippen LogP contribution < -0.4 is 14.8 Å². The van der Waals surface area contributed by atoms with Crippen molar-refractivity contribution in [2.75, 3.05) is 19.5 Å². The molecule has 1 atom stereocenters. The molecule has 1 rings (SSSR count). The minimum atomic E-state index is -0.646. The maximum Gasteiger partial charge on any atom is 0.321 e. The first kappa shape index (κ1) is 12.5. The van der Waals surface area contributed by atoms with Crippen molar-refractivity contribution in [3.8, 4) is 11.9 Å². The number of nitrogens with zero attached hydrogens (tertiary/aromatic N) is 2. The summed E-state index contributed by atoms with van der Waals surface area (Å²) in [6.07, 6.45) is 0. The molecule has 0 fully saturated rings. The third kappa shape index (κ3) is 3.23. The van der Waals surface area contributed by atoms with Crippen molar-refractivity contribution in [2.24, 2.45) is 0 Å². The molecule has 1 heterocycles. The van der Waals surface area contributed by atoms with Crippen LogP contribution in [-0.4, -0.2) is 35.5 Å². The van der Waals surface area contributed by atoms with Gasteiger partial charge in [0, 0.05) is 6.07 Å².